The van der Waals surface area contributed by atoms with Gasteiger partial charge in [0.2, 0.25) is 5.95 Å². The molecule has 2 aromatic heterocycles. The number of nitrogens with two attached hydrogens (primary N) is 2. The monoisotopic (exact) mass is 381 g/mol. The predicted molar refractivity (Wildman–Crippen MR) is 91.4 cm³/mol. The highest BCUT2D eigenvalue weighted by atomic mass is 19.4. The van der Waals surface area contributed by atoms with Crippen LogP contribution in [0.3, 0.4) is 0 Å². The first-order chi connectivity index (χ1) is 12.7. The largest absolute Gasteiger partial charge is 0.519 e. The second-order valence-electron chi connectivity index (χ2n) is 5.06. The lowest BCUT2D eigenvalue weighted by Crippen LogP contribution is -2.07. The molecule has 0 aliphatic carbocycles. The van der Waals surface area contributed by atoms with Gasteiger partial charge in [-0.15, -0.1) is 13.2 Å². The molecule has 0 bridgehead atoms. The van der Waals surface area contributed by atoms with Crippen molar-refractivity contribution in [3.63, 3.8) is 0 Å². The summed E-state index contributed by atoms with van der Waals surface area (Å²) < 4.78 is 29.7. The zero-order chi connectivity index (χ0) is 20.0. The maximum absolute atomic E-state index is 10.6. The lowest BCUT2D eigenvalue weighted by molar-refractivity contribution is -0.295. The minimum Gasteiger partial charge on any atom is -0.382 e. The predicted octanol–water partition coefficient (Wildman–Crippen LogP) is 1.51. The van der Waals surface area contributed by atoms with Gasteiger partial charge in [-0.3, -0.25) is 4.79 Å². The van der Waals surface area contributed by atoms with E-state index in [9.17, 15) is 18.0 Å². The summed E-state index contributed by atoms with van der Waals surface area (Å²) in [7, 11) is 0. The van der Waals surface area contributed by atoms with E-state index in [1.54, 1.807) is 18.3 Å². The van der Waals surface area contributed by atoms with Crippen molar-refractivity contribution in [1.82, 2.24) is 19.9 Å². The SMILES string of the molecule is Nc1nc(N)c2nc(CNc3ccc(C=O)cc3)cnc2n1.OC(F)(F)F. The number of nitrogen functional groups attached to an aromatic ring is 2. The Hall–Kier alpha value is -3.54. The number of nitrogens with zero attached hydrogens (tertiary/aromatic N) is 4. The molecular formula is C15H14F3N7O2. The number of carbonyl (C=O) groups is 1. The van der Waals surface area contributed by atoms with Crippen LogP contribution in [0.4, 0.5) is 30.6 Å². The Morgan fingerprint density at radius 3 is 2.33 bits per heavy atom. The highest BCUT2D eigenvalue weighted by Gasteiger charge is 2.20. The van der Waals surface area contributed by atoms with Crippen LogP contribution in [0.1, 0.15) is 16.1 Å². The highest BCUT2D eigenvalue weighted by Crippen LogP contribution is 2.15. The van der Waals surface area contributed by atoms with Crippen LogP contribution in [0.25, 0.3) is 11.2 Å². The van der Waals surface area contributed by atoms with Crippen LogP contribution >= 0.6 is 0 Å². The lowest BCUT2D eigenvalue weighted by atomic mass is 10.2. The van der Waals surface area contributed by atoms with E-state index in [0.29, 0.717) is 29.0 Å². The summed E-state index contributed by atoms with van der Waals surface area (Å²) in [6, 6.07) is 7.10. The topological polar surface area (TPSA) is 153 Å². The number of aldehydes is 1. The minimum absolute atomic E-state index is 0.0699. The minimum atomic E-state index is -5.00. The molecule has 0 unspecified atom stereocenters. The maximum Gasteiger partial charge on any atom is 0.519 e. The Morgan fingerprint density at radius 1 is 1.11 bits per heavy atom. The molecule has 12 heteroatoms. The number of hydrogen-bond donors (Lipinski definition) is 4. The van der Waals surface area contributed by atoms with Gasteiger partial charge in [0.1, 0.15) is 6.29 Å². The summed E-state index contributed by atoms with van der Waals surface area (Å²) in [5.74, 6) is 0.271. The third kappa shape index (κ3) is 6.36. The summed E-state index contributed by atoms with van der Waals surface area (Å²) in [5, 5.41) is 9.70. The molecule has 0 aliphatic heterocycles. The average molecular weight is 381 g/mol. The normalized spacial score (nSPS) is 10.8. The molecule has 27 heavy (non-hydrogen) atoms. The number of fused-ring (bicyclic) bond motifs is 1. The van der Waals surface area contributed by atoms with Crippen LogP contribution in [-0.4, -0.2) is 37.7 Å². The van der Waals surface area contributed by atoms with E-state index >= 15 is 0 Å². The van der Waals surface area contributed by atoms with Gasteiger partial charge in [0, 0.05) is 11.3 Å². The first-order valence-corrected chi connectivity index (χ1v) is 7.28. The molecule has 1 aromatic carbocycles. The van der Waals surface area contributed by atoms with Crippen LogP contribution in [0, 0.1) is 0 Å². The third-order valence-electron chi connectivity index (χ3n) is 3.02. The van der Waals surface area contributed by atoms with Crippen molar-refractivity contribution in [2.24, 2.45) is 0 Å². The summed E-state index contributed by atoms with van der Waals surface area (Å²) in [5.41, 5.74) is 14.3. The van der Waals surface area contributed by atoms with Gasteiger partial charge in [-0.25, -0.2) is 9.97 Å². The molecule has 142 valence electrons. The lowest BCUT2D eigenvalue weighted by Gasteiger charge is -2.07. The van der Waals surface area contributed by atoms with Gasteiger partial charge < -0.3 is 21.9 Å². The highest BCUT2D eigenvalue weighted by molar-refractivity contribution is 5.81. The van der Waals surface area contributed by atoms with E-state index in [0.717, 1.165) is 12.0 Å². The summed E-state index contributed by atoms with van der Waals surface area (Å²) in [6.07, 6.45) is -2.60. The molecule has 0 spiro atoms. The van der Waals surface area contributed by atoms with E-state index in [4.69, 9.17) is 16.6 Å². The Bertz CT molecular complexity index is 927. The van der Waals surface area contributed by atoms with E-state index in [-0.39, 0.29) is 11.8 Å². The van der Waals surface area contributed by atoms with Crippen molar-refractivity contribution < 1.29 is 23.1 Å². The molecule has 9 nitrogen and oxygen atoms in total. The number of hydrogen-bond acceptors (Lipinski definition) is 9. The van der Waals surface area contributed by atoms with Gasteiger partial charge >= 0.3 is 6.36 Å². The number of rotatable bonds is 4. The van der Waals surface area contributed by atoms with Crippen LogP contribution in [-0.2, 0) is 6.54 Å². The molecular weight excluding hydrogens is 367 g/mol. The van der Waals surface area contributed by atoms with Gasteiger partial charge in [0.25, 0.3) is 0 Å². The molecule has 0 amide bonds. The van der Waals surface area contributed by atoms with Crippen LogP contribution in [0.15, 0.2) is 30.5 Å². The molecule has 0 atom stereocenters. The fraction of sp³-hybridized carbons (Fsp3) is 0.133. The zero-order valence-electron chi connectivity index (χ0n) is 13.6. The van der Waals surface area contributed by atoms with E-state index < -0.39 is 6.36 Å². The van der Waals surface area contributed by atoms with Gasteiger partial charge in [-0.2, -0.15) is 9.97 Å². The van der Waals surface area contributed by atoms with E-state index in [1.807, 2.05) is 12.1 Å². The van der Waals surface area contributed by atoms with Crippen LogP contribution in [0.5, 0.6) is 0 Å². The molecule has 6 N–H and O–H groups in total. The summed E-state index contributed by atoms with van der Waals surface area (Å²) in [4.78, 5) is 27.0. The van der Waals surface area contributed by atoms with Gasteiger partial charge in [-0.1, -0.05) is 0 Å². The third-order valence-corrected chi connectivity index (χ3v) is 3.02. The molecule has 3 aromatic rings. The van der Waals surface area contributed by atoms with Crippen LogP contribution < -0.4 is 16.8 Å². The Labute approximate surface area is 150 Å². The van der Waals surface area contributed by atoms with E-state index in [1.165, 1.54) is 0 Å². The van der Waals surface area contributed by atoms with Crippen molar-refractivity contribution in [2.45, 2.75) is 12.9 Å². The molecule has 0 saturated heterocycles. The molecule has 0 aliphatic rings. The van der Waals surface area contributed by atoms with Crippen molar-refractivity contribution in [2.75, 3.05) is 16.8 Å². The molecule has 2 heterocycles. The number of halogens is 3. The fourth-order valence-corrected chi connectivity index (χ4v) is 1.94. The summed E-state index contributed by atoms with van der Waals surface area (Å²) >= 11 is 0. The van der Waals surface area contributed by atoms with Crippen molar-refractivity contribution >= 4 is 34.9 Å². The fourth-order valence-electron chi connectivity index (χ4n) is 1.94. The zero-order valence-corrected chi connectivity index (χ0v) is 13.6. The number of benzene rings is 1. The van der Waals surface area contributed by atoms with Gasteiger partial charge in [0.15, 0.2) is 17.0 Å². The second kappa shape index (κ2) is 8.23. The van der Waals surface area contributed by atoms with Gasteiger partial charge in [-0.05, 0) is 24.3 Å². The number of carbonyl (C=O) groups excluding carboxylic acids is 1. The molecule has 3 rings (SSSR count). The summed E-state index contributed by atoms with van der Waals surface area (Å²) in [6.45, 7) is 0.452. The Balaban J connectivity index is 0.000000465. The van der Waals surface area contributed by atoms with E-state index in [2.05, 4.69) is 25.3 Å². The van der Waals surface area contributed by atoms with Crippen molar-refractivity contribution in [3.05, 3.63) is 41.7 Å². The Kier molecular flexibility index (Phi) is 6.03. The van der Waals surface area contributed by atoms with Crippen molar-refractivity contribution in [3.8, 4) is 0 Å². The first-order valence-electron chi connectivity index (χ1n) is 7.28. The maximum atomic E-state index is 10.6. The van der Waals surface area contributed by atoms with Gasteiger partial charge in [0.05, 0.1) is 18.4 Å². The number of aliphatic hydroxyl groups is 1. The molecule has 0 radical (unpaired) electrons. The average Bonchev–Trinajstić information content (AvgIpc) is 2.59. The number of anilines is 3. The second-order valence-corrected chi connectivity index (χ2v) is 5.06. The quantitative estimate of drug-likeness (QED) is 0.492. The van der Waals surface area contributed by atoms with Crippen LogP contribution in [0.2, 0.25) is 0 Å². The first kappa shape index (κ1) is 19.8. The standard InChI is InChI=1S/C14H13N7O.CHF3O/c15-12-11-13(21-14(16)20-12)18-6-10(19-11)5-17-9-3-1-8(7-22)2-4-9;2-1(3,4)5/h1-4,6-7,17H,5H2,(H4,15,16,18,20,21);5H. The number of alkyl halides is 3. The van der Waals surface area contributed by atoms with Crippen molar-refractivity contribution in [1.29, 1.82) is 0 Å². The Morgan fingerprint density at radius 2 is 1.74 bits per heavy atom. The molecule has 0 saturated carbocycles. The number of nitrogens with one attached hydrogen (secondary N) is 1. The number of aromatic nitrogens is 4. The molecule has 0 fully saturated rings. The smallest absolute Gasteiger partial charge is 0.382 e.